The van der Waals surface area contributed by atoms with Crippen LogP contribution in [0.4, 0.5) is 5.00 Å². The van der Waals surface area contributed by atoms with Crippen LogP contribution in [0.3, 0.4) is 0 Å². The number of esters is 1. The van der Waals surface area contributed by atoms with Crippen molar-refractivity contribution in [2.45, 2.75) is 63.4 Å². The van der Waals surface area contributed by atoms with Crippen molar-refractivity contribution in [1.29, 1.82) is 5.26 Å². The second-order valence-corrected chi connectivity index (χ2v) is 8.64. The van der Waals surface area contributed by atoms with Gasteiger partial charge in [-0.05, 0) is 33.6 Å². The van der Waals surface area contributed by atoms with Gasteiger partial charge in [-0.2, -0.15) is 5.26 Å². The van der Waals surface area contributed by atoms with Crippen molar-refractivity contribution in [3.8, 4) is 6.07 Å². The Morgan fingerprint density at radius 3 is 2.78 bits per heavy atom. The van der Waals surface area contributed by atoms with Crippen LogP contribution in [0.5, 0.6) is 0 Å². The third-order valence-electron chi connectivity index (χ3n) is 5.00. The lowest BCUT2D eigenvalue weighted by Crippen LogP contribution is -2.09. The van der Waals surface area contributed by atoms with Crippen LogP contribution in [-0.2, 0) is 10.5 Å². The highest BCUT2D eigenvalue weighted by Gasteiger charge is 2.26. The molecule has 27 heavy (non-hydrogen) atoms. The summed E-state index contributed by atoms with van der Waals surface area (Å²) < 4.78 is 7.47. The summed E-state index contributed by atoms with van der Waals surface area (Å²) >= 11 is 2.69. The summed E-state index contributed by atoms with van der Waals surface area (Å²) in [4.78, 5) is 17.4. The molecule has 0 aliphatic heterocycles. The average Bonchev–Trinajstić information content (AvgIpc) is 3.33. The zero-order valence-electron chi connectivity index (χ0n) is 15.9. The smallest absolute Gasteiger partial charge is 0.348 e. The largest absolute Gasteiger partial charge is 0.462 e. The van der Waals surface area contributed by atoms with Crippen molar-refractivity contribution >= 4 is 34.1 Å². The van der Waals surface area contributed by atoms with Crippen LogP contribution in [-0.4, -0.2) is 22.1 Å². The quantitative estimate of drug-likeness (QED) is 0.558. The van der Waals surface area contributed by atoms with Gasteiger partial charge in [-0.25, -0.2) is 9.78 Å². The number of carbonyl (C=O) groups is 1. The van der Waals surface area contributed by atoms with Crippen LogP contribution in [0.15, 0.2) is 5.16 Å². The lowest BCUT2D eigenvalue weighted by atomic mass is 10.2. The number of aryl methyl sites for hydroxylation is 1. The maximum absolute atomic E-state index is 12.3. The number of ether oxygens (including phenoxy) is 1. The number of aromatic nitrogens is 2. The molecule has 0 radical (unpaired) electrons. The van der Waals surface area contributed by atoms with Crippen molar-refractivity contribution < 1.29 is 9.53 Å². The molecular formula is C19H24N4O2S2. The Hall–Kier alpha value is -1.98. The number of nitrogens with two attached hydrogens (primary N) is 1. The van der Waals surface area contributed by atoms with Gasteiger partial charge in [-0.1, -0.05) is 24.6 Å². The topological polar surface area (TPSA) is 93.9 Å². The van der Waals surface area contributed by atoms with Crippen molar-refractivity contribution in [1.82, 2.24) is 9.55 Å². The lowest BCUT2D eigenvalue weighted by molar-refractivity contribution is 0.0531. The highest BCUT2D eigenvalue weighted by molar-refractivity contribution is 7.98. The second kappa shape index (κ2) is 8.36. The molecule has 0 spiro atoms. The van der Waals surface area contributed by atoms with E-state index in [9.17, 15) is 10.1 Å². The monoisotopic (exact) mass is 404 g/mol. The molecule has 6 nitrogen and oxygen atoms in total. The number of nitriles is 1. The molecule has 1 aliphatic carbocycles. The fraction of sp³-hybridized carbons (Fsp3) is 0.526. The molecule has 2 aromatic rings. The number of hydrogen-bond acceptors (Lipinski definition) is 7. The Morgan fingerprint density at radius 1 is 1.44 bits per heavy atom. The van der Waals surface area contributed by atoms with Crippen molar-refractivity contribution in [2.24, 2.45) is 0 Å². The highest BCUT2D eigenvalue weighted by Crippen LogP contribution is 2.39. The first-order valence-corrected chi connectivity index (χ1v) is 10.9. The van der Waals surface area contributed by atoms with Gasteiger partial charge in [0.05, 0.1) is 17.9 Å². The zero-order valence-corrected chi connectivity index (χ0v) is 17.5. The number of rotatable bonds is 6. The van der Waals surface area contributed by atoms with E-state index in [1.807, 2.05) is 6.92 Å². The van der Waals surface area contributed by atoms with E-state index in [2.05, 4.69) is 17.6 Å². The Morgan fingerprint density at radius 2 is 2.15 bits per heavy atom. The number of anilines is 1. The van der Waals surface area contributed by atoms with Crippen LogP contribution >= 0.6 is 23.1 Å². The first-order valence-electron chi connectivity index (χ1n) is 9.14. The zero-order chi connectivity index (χ0) is 19.6. The number of imidazole rings is 1. The van der Waals surface area contributed by atoms with E-state index < -0.39 is 5.97 Å². The predicted molar refractivity (Wildman–Crippen MR) is 108 cm³/mol. The highest BCUT2D eigenvalue weighted by atomic mass is 32.2. The van der Waals surface area contributed by atoms with Crippen LogP contribution in [0.25, 0.3) is 0 Å². The van der Waals surface area contributed by atoms with Gasteiger partial charge in [0.1, 0.15) is 15.9 Å². The van der Waals surface area contributed by atoms with Crippen molar-refractivity contribution in [2.75, 3.05) is 12.3 Å². The molecule has 1 fully saturated rings. The van der Waals surface area contributed by atoms with E-state index >= 15 is 0 Å². The van der Waals surface area contributed by atoms with Gasteiger partial charge in [-0.3, -0.25) is 0 Å². The number of nitrogens with zero attached hydrogens (tertiary/aromatic N) is 3. The average molecular weight is 405 g/mol. The van der Waals surface area contributed by atoms with E-state index in [0.29, 0.717) is 32.8 Å². The first-order chi connectivity index (χ1) is 13.0. The molecule has 144 valence electrons. The first kappa shape index (κ1) is 19.8. The summed E-state index contributed by atoms with van der Waals surface area (Å²) in [5, 5.41) is 10.8. The van der Waals surface area contributed by atoms with E-state index in [0.717, 1.165) is 22.2 Å². The summed E-state index contributed by atoms with van der Waals surface area (Å²) in [6, 6.07) is 2.63. The second-order valence-electron chi connectivity index (χ2n) is 6.64. The molecule has 2 aromatic heterocycles. The third-order valence-corrected chi connectivity index (χ3v) is 7.02. The van der Waals surface area contributed by atoms with Gasteiger partial charge in [0.25, 0.3) is 0 Å². The third kappa shape index (κ3) is 3.85. The Labute approximate surface area is 167 Å². The van der Waals surface area contributed by atoms with E-state index in [-0.39, 0.29) is 6.61 Å². The van der Waals surface area contributed by atoms with E-state index in [4.69, 9.17) is 15.5 Å². The lowest BCUT2D eigenvalue weighted by Gasteiger charge is -2.17. The Kier molecular flexibility index (Phi) is 6.12. The van der Waals surface area contributed by atoms with Crippen molar-refractivity contribution in [3.05, 3.63) is 27.4 Å². The fourth-order valence-electron chi connectivity index (χ4n) is 3.53. The maximum atomic E-state index is 12.3. The van der Waals surface area contributed by atoms with Gasteiger partial charge in [0, 0.05) is 23.1 Å². The predicted octanol–water partition coefficient (Wildman–Crippen LogP) is 4.60. The van der Waals surface area contributed by atoms with Crippen LogP contribution in [0.1, 0.15) is 70.8 Å². The Bertz CT molecular complexity index is 889. The standard InChI is InChI=1S/C19H24N4O2S2/c1-4-25-18(24)16-15(14(9-20)17(21)27-16)10-26-19-22-11(2)12(3)23(19)13-7-5-6-8-13/h13H,4-8,10,21H2,1-3H3. The summed E-state index contributed by atoms with van der Waals surface area (Å²) in [5.74, 6) is 0.0469. The van der Waals surface area contributed by atoms with Gasteiger partial charge in [0.2, 0.25) is 0 Å². The fourth-order valence-corrected chi connectivity index (χ4v) is 5.74. The van der Waals surface area contributed by atoms with Crippen molar-refractivity contribution in [3.63, 3.8) is 0 Å². The molecule has 0 amide bonds. The summed E-state index contributed by atoms with van der Waals surface area (Å²) in [6.07, 6.45) is 4.84. The van der Waals surface area contributed by atoms with Crippen LogP contribution in [0, 0.1) is 25.2 Å². The normalized spacial score (nSPS) is 14.4. The molecule has 0 aromatic carbocycles. The number of thiophene rings is 1. The molecular weight excluding hydrogens is 380 g/mol. The SMILES string of the molecule is CCOC(=O)c1sc(N)c(C#N)c1CSc1nc(C)c(C)n1C1CCCC1. The van der Waals surface area contributed by atoms with Crippen LogP contribution < -0.4 is 5.73 Å². The van der Waals surface area contributed by atoms with Gasteiger partial charge >= 0.3 is 5.97 Å². The van der Waals surface area contributed by atoms with Gasteiger partial charge < -0.3 is 15.0 Å². The molecule has 0 bridgehead atoms. The molecule has 1 saturated carbocycles. The maximum Gasteiger partial charge on any atom is 0.348 e. The minimum Gasteiger partial charge on any atom is -0.462 e. The number of nitrogen functional groups attached to an aromatic ring is 1. The summed E-state index contributed by atoms with van der Waals surface area (Å²) in [5.41, 5.74) is 9.22. The van der Waals surface area contributed by atoms with E-state index in [1.54, 1.807) is 18.7 Å². The summed E-state index contributed by atoms with van der Waals surface area (Å²) in [6.45, 7) is 6.18. The number of carbonyl (C=O) groups excluding carboxylic acids is 1. The summed E-state index contributed by atoms with van der Waals surface area (Å²) in [7, 11) is 0. The van der Waals surface area contributed by atoms with E-state index in [1.165, 1.54) is 31.4 Å². The molecule has 2 N–H and O–H groups in total. The molecule has 3 rings (SSSR count). The molecule has 1 aliphatic rings. The molecule has 8 heteroatoms. The minimum absolute atomic E-state index is 0.287. The minimum atomic E-state index is -0.419. The van der Waals surface area contributed by atoms with Gasteiger partial charge in [-0.15, -0.1) is 11.3 Å². The molecule has 0 unspecified atom stereocenters. The molecule has 2 heterocycles. The van der Waals surface area contributed by atoms with Crippen LogP contribution in [0.2, 0.25) is 0 Å². The number of thioether (sulfide) groups is 1. The number of hydrogen-bond donors (Lipinski definition) is 1. The molecule has 0 saturated heterocycles. The molecule has 0 atom stereocenters. The Balaban J connectivity index is 1.90. The van der Waals surface area contributed by atoms with Gasteiger partial charge in [0.15, 0.2) is 5.16 Å².